The van der Waals surface area contributed by atoms with E-state index in [9.17, 15) is 4.39 Å². The molecule has 0 N–H and O–H groups in total. The van der Waals surface area contributed by atoms with E-state index in [1.165, 1.54) is 25.0 Å². The second kappa shape index (κ2) is 4.30. The Morgan fingerprint density at radius 1 is 1.36 bits per heavy atom. The van der Waals surface area contributed by atoms with Crippen molar-refractivity contribution in [2.45, 2.75) is 18.2 Å². The van der Waals surface area contributed by atoms with Crippen molar-refractivity contribution in [2.75, 3.05) is 6.61 Å². The standard InChI is InChI=1S/C11H12BrFO/c12-6-9-3-10(13)5-11(4-9)14-7-8-1-2-8/h3-5,8H,1-2,6-7H2. The fraction of sp³-hybridized carbons (Fsp3) is 0.455. The van der Waals surface area contributed by atoms with Crippen LogP contribution in [0.4, 0.5) is 4.39 Å². The number of halogens is 2. The fourth-order valence-electron chi connectivity index (χ4n) is 1.28. The molecule has 14 heavy (non-hydrogen) atoms. The molecule has 0 bridgehead atoms. The molecule has 0 spiro atoms. The summed E-state index contributed by atoms with van der Waals surface area (Å²) in [6.07, 6.45) is 2.50. The molecule has 0 heterocycles. The molecule has 0 saturated heterocycles. The van der Waals surface area contributed by atoms with Crippen LogP contribution in [0.25, 0.3) is 0 Å². The smallest absolute Gasteiger partial charge is 0.127 e. The van der Waals surface area contributed by atoms with Gasteiger partial charge in [-0.05, 0) is 36.5 Å². The lowest BCUT2D eigenvalue weighted by atomic mass is 10.2. The summed E-state index contributed by atoms with van der Waals surface area (Å²) in [6, 6.07) is 4.83. The molecule has 1 aromatic carbocycles. The van der Waals surface area contributed by atoms with Crippen LogP contribution in [0.2, 0.25) is 0 Å². The van der Waals surface area contributed by atoms with Crippen LogP contribution in [-0.2, 0) is 5.33 Å². The number of ether oxygens (including phenoxy) is 1. The summed E-state index contributed by atoms with van der Waals surface area (Å²) in [5, 5.41) is 0.657. The summed E-state index contributed by atoms with van der Waals surface area (Å²) in [5.74, 6) is 1.12. The topological polar surface area (TPSA) is 9.23 Å². The van der Waals surface area contributed by atoms with E-state index in [1.807, 2.05) is 6.07 Å². The Hall–Kier alpha value is -0.570. The van der Waals surface area contributed by atoms with Crippen molar-refractivity contribution in [3.8, 4) is 5.75 Å². The van der Waals surface area contributed by atoms with Gasteiger partial charge in [0.25, 0.3) is 0 Å². The number of hydrogen-bond donors (Lipinski definition) is 0. The minimum atomic E-state index is -0.229. The van der Waals surface area contributed by atoms with Gasteiger partial charge in [0.2, 0.25) is 0 Å². The van der Waals surface area contributed by atoms with E-state index >= 15 is 0 Å². The van der Waals surface area contributed by atoms with Gasteiger partial charge >= 0.3 is 0 Å². The Morgan fingerprint density at radius 2 is 2.14 bits per heavy atom. The molecule has 1 nitrogen and oxygen atoms in total. The minimum absolute atomic E-state index is 0.229. The van der Waals surface area contributed by atoms with Crippen LogP contribution in [0, 0.1) is 11.7 Å². The van der Waals surface area contributed by atoms with Crippen LogP contribution in [0.1, 0.15) is 18.4 Å². The third-order valence-corrected chi connectivity index (χ3v) is 2.92. The zero-order valence-corrected chi connectivity index (χ0v) is 9.39. The summed E-state index contributed by atoms with van der Waals surface area (Å²) >= 11 is 3.30. The van der Waals surface area contributed by atoms with Crippen molar-refractivity contribution in [2.24, 2.45) is 5.92 Å². The monoisotopic (exact) mass is 258 g/mol. The highest BCUT2D eigenvalue weighted by Crippen LogP contribution is 2.30. The van der Waals surface area contributed by atoms with E-state index in [2.05, 4.69) is 15.9 Å². The van der Waals surface area contributed by atoms with E-state index in [-0.39, 0.29) is 5.82 Å². The van der Waals surface area contributed by atoms with Crippen LogP contribution in [-0.4, -0.2) is 6.61 Å². The van der Waals surface area contributed by atoms with Crippen molar-refractivity contribution < 1.29 is 9.13 Å². The number of hydrogen-bond acceptors (Lipinski definition) is 1. The average Bonchev–Trinajstić information content (AvgIpc) is 2.97. The first kappa shape index (κ1) is 9.97. The number of alkyl halides is 1. The molecule has 0 aromatic heterocycles. The van der Waals surface area contributed by atoms with Gasteiger partial charge in [-0.2, -0.15) is 0 Å². The highest BCUT2D eigenvalue weighted by Gasteiger charge is 2.21. The van der Waals surface area contributed by atoms with E-state index in [1.54, 1.807) is 0 Å². The molecule has 1 fully saturated rings. The van der Waals surface area contributed by atoms with Crippen LogP contribution in [0.5, 0.6) is 5.75 Å². The Kier molecular flexibility index (Phi) is 3.06. The molecule has 1 saturated carbocycles. The maximum atomic E-state index is 13.1. The summed E-state index contributed by atoms with van der Waals surface area (Å²) < 4.78 is 18.5. The molecular formula is C11H12BrFO. The molecule has 1 aliphatic carbocycles. The largest absolute Gasteiger partial charge is 0.493 e. The van der Waals surface area contributed by atoms with Crippen molar-refractivity contribution >= 4 is 15.9 Å². The molecule has 0 aliphatic heterocycles. The van der Waals surface area contributed by atoms with Gasteiger partial charge in [-0.1, -0.05) is 15.9 Å². The van der Waals surface area contributed by atoms with Crippen molar-refractivity contribution in [3.63, 3.8) is 0 Å². The third-order valence-electron chi connectivity index (χ3n) is 2.27. The Morgan fingerprint density at radius 3 is 2.79 bits per heavy atom. The lowest BCUT2D eigenvalue weighted by Gasteiger charge is -2.06. The summed E-state index contributed by atoms with van der Waals surface area (Å²) in [5.41, 5.74) is 0.913. The van der Waals surface area contributed by atoms with Gasteiger partial charge in [0.1, 0.15) is 11.6 Å². The van der Waals surface area contributed by atoms with Crippen molar-refractivity contribution in [3.05, 3.63) is 29.6 Å². The third kappa shape index (κ3) is 2.71. The summed E-state index contributed by atoms with van der Waals surface area (Å²) in [4.78, 5) is 0. The normalized spacial score (nSPS) is 15.6. The quantitative estimate of drug-likeness (QED) is 0.752. The Labute approximate surface area is 91.4 Å². The molecule has 76 valence electrons. The van der Waals surface area contributed by atoms with Gasteiger partial charge in [0.15, 0.2) is 0 Å². The second-order valence-corrected chi connectivity index (χ2v) is 4.24. The minimum Gasteiger partial charge on any atom is -0.493 e. The first-order valence-corrected chi connectivity index (χ1v) is 5.88. The van der Waals surface area contributed by atoms with Gasteiger partial charge in [-0.15, -0.1) is 0 Å². The fourth-order valence-corrected chi connectivity index (χ4v) is 1.60. The van der Waals surface area contributed by atoms with Gasteiger partial charge in [0.05, 0.1) is 6.61 Å². The number of rotatable bonds is 4. The SMILES string of the molecule is Fc1cc(CBr)cc(OCC2CC2)c1. The summed E-state index contributed by atoms with van der Waals surface area (Å²) in [7, 11) is 0. The molecule has 0 atom stereocenters. The van der Waals surface area contributed by atoms with E-state index < -0.39 is 0 Å². The molecule has 3 heteroatoms. The predicted octanol–water partition coefficient (Wildman–Crippen LogP) is 3.51. The maximum absolute atomic E-state index is 13.1. The molecule has 0 unspecified atom stereocenters. The van der Waals surface area contributed by atoms with Crippen LogP contribution in [0.3, 0.4) is 0 Å². The Balaban J connectivity index is 2.03. The van der Waals surface area contributed by atoms with Crippen molar-refractivity contribution in [1.29, 1.82) is 0 Å². The highest BCUT2D eigenvalue weighted by molar-refractivity contribution is 9.08. The van der Waals surface area contributed by atoms with E-state index in [4.69, 9.17) is 4.74 Å². The van der Waals surface area contributed by atoms with Gasteiger partial charge in [0, 0.05) is 11.4 Å². The first-order valence-electron chi connectivity index (χ1n) is 4.76. The Bertz CT molecular complexity index is 323. The van der Waals surface area contributed by atoms with Crippen LogP contribution < -0.4 is 4.74 Å². The van der Waals surface area contributed by atoms with Gasteiger partial charge in [-0.25, -0.2) is 4.39 Å². The lowest BCUT2D eigenvalue weighted by molar-refractivity contribution is 0.298. The van der Waals surface area contributed by atoms with Gasteiger partial charge in [-0.3, -0.25) is 0 Å². The zero-order valence-electron chi connectivity index (χ0n) is 7.80. The van der Waals surface area contributed by atoms with Crippen molar-refractivity contribution in [1.82, 2.24) is 0 Å². The van der Waals surface area contributed by atoms with Crippen LogP contribution in [0.15, 0.2) is 18.2 Å². The maximum Gasteiger partial charge on any atom is 0.127 e. The molecule has 1 aromatic rings. The lowest BCUT2D eigenvalue weighted by Crippen LogP contribution is -1.99. The molecular weight excluding hydrogens is 247 g/mol. The van der Waals surface area contributed by atoms with Gasteiger partial charge < -0.3 is 4.74 Å². The van der Waals surface area contributed by atoms with Crippen LogP contribution >= 0.6 is 15.9 Å². The van der Waals surface area contributed by atoms with E-state index in [0.29, 0.717) is 17.0 Å². The first-order chi connectivity index (χ1) is 6.78. The summed E-state index contributed by atoms with van der Waals surface area (Å²) in [6.45, 7) is 0.727. The average molecular weight is 259 g/mol. The predicted molar refractivity (Wildman–Crippen MR) is 57.3 cm³/mol. The zero-order chi connectivity index (χ0) is 9.97. The molecule has 1 aliphatic rings. The molecule has 0 amide bonds. The molecule has 2 rings (SSSR count). The highest BCUT2D eigenvalue weighted by atomic mass is 79.9. The van der Waals surface area contributed by atoms with E-state index in [0.717, 1.165) is 12.2 Å². The number of benzene rings is 1. The second-order valence-electron chi connectivity index (χ2n) is 3.68. The molecule has 0 radical (unpaired) electrons.